The van der Waals surface area contributed by atoms with Crippen molar-refractivity contribution in [1.29, 1.82) is 0 Å². The molecule has 0 bridgehead atoms. The number of unbranched alkanes of at least 4 members (excludes halogenated alkanes) is 2. The summed E-state index contributed by atoms with van der Waals surface area (Å²) < 4.78 is 0. The Kier molecular flexibility index (Phi) is 7.52. The number of aromatic nitrogens is 2. The van der Waals surface area contributed by atoms with E-state index in [0.717, 1.165) is 50.2 Å². The normalized spacial score (nSPS) is 10.8. The van der Waals surface area contributed by atoms with E-state index in [2.05, 4.69) is 22.2 Å². The van der Waals surface area contributed by atoms with E-state index in [4.69, 9.17) is 17.3 Å². The van der Waals surface area contributed by atoms with Crippen LogP contribution in [0.5, 0.6) is 0 Å². The number of nitrogens with two attached hydrogens (primary N) is 1. The lowest BCUT2D eigenvalue weighted by molar-refractivity contribution is -0.118. The van der Waals surface area contributed by atoms with E-state index in [1.165, 1.54) is 0 Å². The highest BCUT2D eigenvalue weighted by Gasteiger charge is 2.07. The first kappa shape index (κ1) is 16.0. The molecule has 19 heavy (non-hydrogen) atoms. The highest BCUT2D eigenvalue weighted by atomic mass is 35.5. The average Bonchev–Trinajstić information content (AvgIpc) is 2.71. The first-order valence-electron chi connectivity index (χ1n) is 6.85. The van der Waals surface area contributed by atoms with Gasteiger partial charge in [0.25, 0.3) is 0 Å². The second-order valence-corrected chi connectivity index (χ2v) is 5.01. The summed E-state index contributed by atoms with van der Waals surface area (Å²) in [7, 11) is 0. The van der Waals surface area contributed by atoms with E-state index in [1.54, 1.807) is 0 Å². The molecule has 0 saturated heterocycles. The molecule has 1 aromatic heterocycles. The fraction of sp³-hybridized carbons (Fsp3) is 0.692. The zero-order chi connectivity index (χ0) is 14.1. The van der Waals surface area contributed by atoms with Crippen LogP contribution in [0.1, 0.15) is 50.5 Å². The summed E-state index contributed by atoms with van der Waals surface area (Å²) in [5.41, 5.74) is 6.00. The molecule has 4 N–H and O–H groups in total. The van der Waals surface area contributed by atoms with Gasteiger partial charge in [0.05, 0.1) is 5.69 Å². The van der Waals surface area contributed by atoms with Crippen LogP contribution in [-0.4, -0.2) is 22.4 Å². The highest BCUT2D eigenvalue weighted by molar-refractivity contribution is 6.30. The molecule has 0 fully saturated rings. The van der Waals surface area contributed by atoms with Gasteiger partial charge in [-0.3, -0.25) is 4.79 Å². The molecule has 0 unspecified atom stereocenters. The predicted octanol–water partition coefficient (Wildman–Crippen LogP) is 2.15. The molecule has 0 aliphatic rings. The van der Waals surface area contributed by atoms with E-state index in [-0.39, 0.29) is 5.91 Å². The Hall–Kier alpha value is -1.07. The molecule has 0 aliphatic heterocycles. The quantitative estimate of drug-likeness (QED) is 0.576. The maximum Gasteiger partial charge on any atom is 0.217 e. The van der Waals surface area contributed by atoms with Crippen molar-refractivity contribution in [1.82, 2.24) is 15.3 Å². The van der Waals surface area contributed by atoms with Crippen molar-refractivity contribution in [3.8, 4) is 0 Å². The Morgan fingerprint density at radius 1 is 1.42 bits per heavy atom. The van der Waals surface area contributed by atoms with Gasteiger partial charge in [-0.15, -0.1) is 0 Å². The third-order valence-corrected chi connectivity index (χ3v) is 3.19. The van der Waals surface area contributed by atoms with Gasteiger partial charge < -0.3 is 16.0 Å². The summed E-state index contributed by atoms with van der Waals surface area (Å²) in [5, 5.41) is 3.83. The first-order valence-corrected chi connectivity index (χ1v) is 7.23. The van der Waals surface area contributed by atoms with E-state index in [1.807, 2.05) is 0 Å². The zero-order valence-electron chi connectivity index (χ0n) is 11.5. The van der Waals surface area contributed by atoms with Gasteiger partial charge in [-0.25, -0.2) is 4.98 Å². The lowest BCUT2D eigenvalue weighted by Crippen LogP contribution is -2.16. The fourth-order valence-corrected chi connectivity index (χ4v) is 2.00. The molecule has 0 radical (unpaired) electrons. The van der Waals surface area contributed by atoms with Crippen LogP contribution in [-0.2, 0) is 17.8 Å². The van der Waals surface area contributed by atoms with Crippen LogP contribution >= 0.6 is 11.6 Å². The number of nitrogens with zero attached hydrogens (tertiary/aromatic N) is 1. The number of amides is 1. The highest BCUT2D eigenvalue weighted by Crippen LogP contribution is 2.13. The van der Waals surface area contributed by atoms with Crippen molar-refractivity contribution < 1.29 is 4.79 Å². The maximum absolute atomic E-state index is 10.6. The number of halogens is 1. The number of H-pyrrole nitrogens is 1. The number of carbonyl (C=O) groups excluding carboxylic acids is 1. The van der Waals surface area contributed by atoms with E-state index in [9.17, 15) is 4.79 Å². The van der Waals surface area contributed by atoms with E-state index in [0.29, 0.717) is 18.1 Å². The second kappa shape index (κ2) is 8.93. The van der Waals surface area contributed by atoms with Crippen molar-refractivity contribution >= 4 is 17.5 Å². The van der Waals surface area contributed by atoms with E-state index < -0.39 is 0 Å². The molecule has 1 amide bonds. The largest absolute Gasteiger partial charge is 0.370 e. The SMILES string of the molecule is CCCCc1nc(Cl)c(CNCCCCC(N)=O)[nH]1. The van der Waals surface area contributed by atoms with Gasteiger partial charge in [-0.05, 0) is 25.8 Å². The lowest BCUT2D eigenvalue weighted by atomic mass is 10.2. The fourth-order valence-electron chi connectivity index (χ4n) is 1.78. The molecule has 0 aromatic carbocycles. The van der Waals surface area contributed by atoms with E-state index >= 15 is 0 Å². The third-order valence-electron chi connectivity index (χ3n) is 2.87. The predicted molar refractivity (Wildman–Crippen MR) is 77.0 cm³/mol. The summed E-state index contributed by atoms with van der Waals surface area (Å²) >= 11 is 6.06. The van der Waals surface area contributed by atoms with Crippen molar-refractivity contribution in [2.45, 2.75) is 52.0 Å². The number of imidazole rings is 1. The van der Waals surface area contributed by atoms with Gasteiger partial charge in [-0.2, -0.15) is 0 Å². The Morgan fingerprint density at radius 2 is 2.21 bits per heavy atom. The summed E-state index contributed by atoms with van der Waals surface area (Å²) in [4.78, 5) is 18.1. The van der Waals surface area contributed by atoms with Crippen LogP contribution in [0, 0.1) is 0 Å². The summed E-state index contributed by atoms with van der Waals surface area (Å²) in [6, 6.07) is 0. The number of hydrogen-bond acceptors (Lipinski definition) is 3. The second-order valence-electron chi connectivity index (χ2n) is 4.66. The zero-order valence-corrected chi connectivity index (χ0v) is 12.2. The molecule has 0 saturated carbocycles. The van der Waals surface area contributed by atoms with Gasteiger partial charge in [0.1, 0.15) is 5.82 Å². The topological polar surface area (TPSA) is 83.8 Å². The maximum atomic E-state index is 10.6. The molecule has 5 nitrogen and oxygen atoms in total. The summed E-state index contributed by atoms with van der Waals surface area (Å²) in [6.07, 6.45) is 5.40. The van der Waals surface area contributed by atoms with Crippen LogP contribution in [0.25, 0.3) is 0 Å². The molecule has 108 valence electrons. The monoisotopic (exact) mass is 286 g/mol. The van der Waals surface area contributed by atoms with Crippen molar-refractivity contribution in [2.75, 3.05) is 6.54 Å². The van der Waals surface area contributed by atoms with Gasteiger partial charge in [0.15, 0.2) is 5.15 Å². The molecular formula is C13H23ClN4O. The molecule has 1 aromatic rings. The van der Waals surface area contributed by atoms with Crippen LogP contribution in [0.2, 0.25) is 5.15 Å². The average molecular weight is 287 g/mol. The van der Waals surface area contributed by atoms with Gasteiger partial charge >= 0.3 is 0 Å². The number of nitrogens with one attached hydrogen (secondary N) is 2. The molecule has 1 heterocycles. The Labute approximate surface area is 119 Å². The molecule has 6 heteroatoms. The minimum atomic E-state index is -0.239. The first-order chi connectivity index (χ1) is 9.13. The third kappa shape index (κ3) is 6.59. The number of primary amides is 1. The summed E-state index contributed by atoms with van der Waals surface area (Å²) in [5.74, 6) is 0.717. The number of hydrogen-bond donors (Lipinski definition) is 3. The molecule has 1 rings (SSSR count). The van der Waals surface area contributed by atoms with Crippen LogP contribution in [0.15, 0.2) is 0 Å². The standard InChI is InChI=1S/C13H23ClN4O/c1-2-3-7-12-17-10(13(14)18-12)9-16-8-5-4-6-11(15)19/h16H,2-9H2,1H3,(H2,15,19)(H,17,18). The van der Waals surface area contributed by atoms with Gasteiger partial charge in [0.2, 0.25) is 5.91 Å². The number of rotatable bonds is 10. The van der Waals surface area contributed by atoms with Crippen LogP contribution in [0.3, 0.4) is 0 Å². The number of aromatic amines is 1. The minimum Gasteiger partial charge on any atom is -0.370 e. The van der Waals surface area contributed by atoms with Crippen molar-refractivity contribution in [3.05, 3.63) is 16.7 Å². The minimum absolute atomic E-state index is 0.239. The molecule has 0 aliphatic carbocycles. The number of aryl methyl sites for hydroxylation is 1. The van der Waals surface area contributed by atoms with Crippen molar-refractivity contribution in [2.24, 2.45) is 5.73 Å². The smallest absolute Gasteiger partial charge is 0.217 e. The summed E-state index contributed by atoms with van der Waals surface area (Å²) in [6.45, 7) is 3.67. The Morgan fingerprint density at radius 3 is 2.89 bits per heavy atom. The van der Waals surface area contributed by atoms with Crippen LogP contribution < -0.4 is 11.1 Å². The molecular weight excluding hydrogens is 264 g/mol. The lowest BCUT2D eigenvalue weighted by Gasteiger charge is -2.02. The Balaban J connectivity index is 2.21. The van der Waals surface area contributed by atoms with Gasteiger partial charge in [-0.1, -0.05) is 24.9 Å². The van der Waals surface area contributed by atoms with Gasteiger partial charge in [0, 0.05) is 19.4 Å². The Bertz CT molecular complexity index is 392. The number of carbonyl (C=O) groups is 1. The van der Waals surface area contributed by atoms with Crippen molar-refractivity contribution in [3.63, 3.8) is 0 Å². The van der Waals surface area contributed by atoms with Crippen LogP contribution in [0.4, 0.5) is 0 Å². The molecule has 0 atom stereocenters. The molecule has 0 spiro atoms.